The molecule has 102 valence electrons. The Morgan fingerprint density at radius 1 is 1.26 bits per heavy atom. The minimum Gasteiger partial charge on any atom is -0.326 e. The van der Waals surface area contributed by atoms with E-state index in [0.29, 0.717) is 0 Å². The summed E-state index contributed by atoms with van der Waals surface area (Å²) >= 11 is 3.48. The Morgan fingerprint density at radius 2 is 1.95 bits per heavy atom. The van der Waals surface area contributed by atoms with Gasteiger partial charge in [0.2, 0.25) is 0 Å². The largest absolute Gasteiger partial charge is 0.326 e. The van der Waals surface area contributed by atoms with Gasteiger partial charge in [-0.1, -0.05) is 41.9 Å². The summed E-state index contributed by atoms with van der Waals surface area (Å²) in [6.07, 6.45) is 5.73. The summed E-state index contributed by atoms with van der Waals surface area (Å²) in [7, 11) is 0. The minimum atomic E-state index is 0.0840. The third-order valence-corrected chi connectivity index (χ3v) is 3.98. The van der Waals surface area contributed by atoms with Crippen molar-refractivity contribution in [1.29, 1.82) is 0 Å². The molecule has 0 aliphatic rings. The van der Waals surface area contributed by atoms with Crippen molar-refractivity contribution in [3.8, 4) is 0 Å². The molecular formula is C15H20BrN3. The second-order valence-electron chi connectivity index (χ2n) is 4.67. The molecule has 0 aliphatic heterocycles. The highest BCUT2D eigenvalue weighted by molar-refractivity contribution is 9.10. The summed E-state index contributed by atoms with van der Waals surface area (Å²) in [5.41, 5.74) is 7.57. The van der Waals surface area contributed by atoms with E-state index in [-0.39, 0.29) is 12.1 Å². The maximum absolute atomic E-state index is 6.34. The summed E-state index contributed by atoms with van der Waals surface area (Å²) in [6.45, 7) is 4.24. The first-order chi connectivity index (χ1) is 9.17. The van der Waals surface area contributed by atoms with E-state index in [1.54, 1.807) is 0 Å². The Balaban J connectivity index is 2.44. The van der Waals surface area contributed by atoms with E-state index in [1.165, 1.54) is 5.56 Å². The van der Waals surface area contributed by atoms with E-state index >= 15 is 0 Å². The minimum absolute atomic E-state index is 0.0840. The Kier molecular flexibility index (Phi) is 4.77. The lowest BCUT2D eigenvalue weighted by Crippen LogP contribution is -2.33. The van der Waals surface area contributed by atoms with Crippen LogP contribution in [0.1, 0.15) is 37.7 Å². The highest BCUT2D eigenvalue weighted by Gasteiger charge is 2.22. The van der Waals surface area contributed by atoms with Crippen molar-refractivity contribution in [2.45, 2.75) is 38.8 Å². The summed E-state index contributed by atoms with van der Waals surface area (Å²) in [6, 6.07) is 8.62. The van der Waals surface area contributed by atoms with Crippen molar-refractivity contribution < 1.29 is 0 Å². The third-order valence-electron chi connectivity index (χ3n) is 3.45. The first-order valence-corrected chi connectivity index (χ1v) is 7.49. The number of rotatable bonds is 5. The Bertz CT molecular complexity index is 518. The molecule has 0 spiro atoms. The molecule has 0 amide bonds. The molecule has 1 aromatic carbocycles. The van der Waals surface area contributed by atoms with Gasteiger partial charge in [-0.3, -0.25) is 0 Å². The van der Waals surface area contributed by atoms with Crippen LogP contribution in [0.3, 0.4) is 0 Å². The highest BCUT2D eigenvalue weighted by Crippen LogP contribution is 2.25. The van der Waals surface area contributed by atoms with Crippen LogP contribution in [0, 0.1) is 0 Å². The first kappa shape index (κ1) is 14.3. The number of aromatic nitrogens is 2. The molecule has 0 aliphatic carbocycles. The SMILES string of the molecule is CCc1nccn1C(c1ccc(Br)cc1)C(N)CC. The number of hydrogen-bond donors (Lipinski definition) is 1. The fraction of sp³-hybridized carbons (Fsp3) is 0.400. The van der Waals surface area contributed by atoms with Gasteiger partial charge in [0.25, 0.3) is 0 Å². The lowest BCUT2D eigenvalue weighted by molar-refractivity contribution is 0.447. The van der Waals surface area contributed by atoms with Gasteiger partial charge in [0, 0.05) is 29.3 Å². The second kappa shape index (κ2) is 6.35. The van der Waals surface area contributed by atoms with E-state index < -0.39 is 0 Å². The van der Waals surface area contributed by atoms with Crippen LogP contribution in [0.15, 0.2) is 41.1 Å². The van der Waals surface area contributed by atoms with Gasteiger partial charge in [0.1, 0.15) is 5.82 Å². The molecule has 0 radical (unpaired) electrons. The number of halogens is 1. The molecule has 2 N–H and O–H groups in total. The number of nitrogens with zero attached hydrogens (tertiary/aromatic N) is 2. The maximum atomic E-state index is 6.34. The van der Waals surface area contributed by atoms with E-state index in [1.807, 2.05) is 12.4 Å². The predicted molar refractivity (Wildman–Crippen MR) is 82.2 cm³/mol. The van der Waals surface area contributed by atoms with E-state index in [4.69, 9.17) is 5.73 Å². The molecule has 0 saturated heterocycles. The molecule has 3 nitrogen and oxygen atoms in total. The van der Waals surface area contributed by atoms with Crippen molar-refractivity contribution in [3.63, 3.8) is 0 Å². The molecule has 4 heteroatoms. The van der Waals surface area contributed by atoms with Gasteiger partial charge in [0.15, 0.2) is 0 Å². The predicted octanol–water partition coefficient (Wildman–Crippen LogP) is 3.53. The molecule has 1 heterocycles. The lowest BCUT2D eigenvalue weighted by Gasteiger charge is -2.26. The van der Waals surface area contributed by atoms with Crippen LogP contribution in [-0.4, -0.2) is 15.6 Å². The second-order valence-corrected chi connectivity index (χ2v) is 5.59. The number of imidazole rings is 1. The molecule has 0 bridgehead atoms. The van der Waals surface area contributed by atoms with Gasteiger partial charge in [-0.25, -0.2) is 4.98 Å². The smallest absolute Gasteiger partial charge is 0.108 e. The lowest BCUT2D eigenvalue weighted by atomic mass is 9.97. The van der Waals surface area contributed by atoms with Crippen LogP contribution in [0.2, 0.25) is 0 Å². The van der Waals surface area contributed by atoms with Gasteiger partial charge < -0.3 is 10.3 Å². The van der Waals surface area contributed by atoms with Crippen molar-refractivity contribution >= 4 is 15.9 Å². The molecule has 2 atom stereocenters. The Hall–Kier alpha value is -1.13. The van der Waals surface area contributed by atoms with E-state index in [2.05, 4.69) is 63.6 Å². The normalized spacial score (nSPS) is 14.3. The summed E-state index contributed by atoms with van der Waals surface area (Å²) in [4.78, 5) is 4.41. The van der Waals surface area contributed by atoms with Gasteiger partial charge >= 0.3 is 0 Å². The molecule has 2 rings (SSSR count). The zero-order valence-corrected chi connectivity index (χ0v) is 13.0. The summed E-state index contributed by atoms with van der Waals surface area (Å²) in [5.74, 6) is 1.08. The summed E-state index contributed by atoms with van der Waals surface area (Å²) < 4.78 is 3.29. The molecule has 2 aromatic rings. The molecular weight excluding hydrogens is 302 g/mol. The van der Waals surface area contributed by atoms with Crippen molar-refractivity contribution in [1.82, 2.24) is 9.55 Å². The van der Waals surface area contributed by atoms with Crippen molar-refractivity contribution in [2.75, 3.05) is 0 Å². The third kappa shape index (κ3) is 3.07. The average molecular weight is 322 g/mol. The van der Waals surface area contributed by atoms with Crippen LogP contribution < -0.4 is 5.73 Å². The molecule has 19 heavy (non-hydrogen) atoms. The van der Waals surface area contributed by atoms with Crippen LogP contribution in [0.25, 0.3) is 0 Å². The summed E-state index contributed by atoms with van der Waals surface area (Å²) in [5, 5.41) is 0. The van der Waals surface area contributed by atoms with Crippen LogP contribution in [0.5, 0.6) is 0 Å². The van der Waals surface area contributed by atoms with Crippen molar-refractivity contribution in [3.05, 3.63) is 52.5 Å². The molecule has 0 fully saturated rings. The zero-order valence-electron chi connectivity index (χ0n) is 11.4. The van der Waals surface area contributed by atoms with E-state index in [0.717, 1.165) is 23.1 Å². The average Bonchev–Trinajstić information content (AvgIpc) is 2.89. The fourth-order valence-corrected chi connectivity index (χ4v) is 2.63. The van der Waals surface area contributed by atoms with E-state index in [9.17, 15) is 0 Å². The highest BCUT2D eigenvalue weighted by atomic mass is 79.9. The maximum Gasteiger partial charge on any atom is 0.108 e. The molecule has 2 unspecified atom stereocenters. The van der Waals surface area contributed by atoms with Crippen molar-refractivity contribution in [2.24, 2.45) is 5.73 Å². The van der Waals surface area contributed by atoms with Gasteiger partial charge in [-0.2, -0.15) is 0 Å². The number of aryl methyl sites for hydroxylation is 1. The number of benzene rings is 1. The van der Waals surface area contributed by atoms with Crippen LogP contribution >= 0.6 is 15.9 Å². The number of nitrogens with two attached hydrogens (primary N) is 1. The van der Waals surface area contributed by atoms with Gasteiger partial charge in [-0.15, -0.1) is 0 Å². The molecule has 1 aromatic heterocycles. The number of hydrogen-bond acceptors (Lipinski definition) is 2. The quantitative estimate of drug-likeness (QED) is 0.915. The standard InChI is InChI=1S/C15H20BrN3/c1-3-13(17)15(11-5-7-12(16)8-6-11)19-10-9-18-14(19)4-2/h5-10,13,15H,3-4,17H2,1-2H3. The van der Waals surface area contributed by atoms with Gasteiger partial charge in [0.05, 0.1) is 6.04 Å². The Morgan fingerprint density at radius 3 is 2.53 bits per heavy atom. The fourth-order valence-electron chi connectivity index (χ4n) is 2.37. The van der Waals surface area contributed by atoms with Crippen LogP contribution in [-0.2, 0) is 6.42 Å². The monoisotopic (exact) mass is 321 g/mol. The molecule has 0 saturated carbocycles. The van der Waals surface area contributed by atoms with Gasteiger partial charge in [-0.05, 0) is 24.1 Å². The zero-order chi connectivity index (χ0) is 13.8. The van der Waals surface area contributed by atoms with Crippen LogP contribution in [0.4, 0.5) is 0 Å². The first-order valence-electron chi connectivity index (χ1n) is 6.70. The topological polar surface area (TPSA) is 43.8 Å². The Labute approximate surface area is 123 Å².